The van der Waals surface area contributed by atoms with Gasteiger partial charge in [-0.25, -0.2) is 9.97 Å². The Labute approximate surface area is 109 Å². The molecule has 2 aromatic rings. The minimum Gasteiger partial charge on any atom is -0.465 e. The second kappa shape index (κ2) is 5.30. The van der Waals surface area contributed by atoms with E-state index in [1.165, 1.54) is 11.2 Å². The summed E-state index contributed by atoms with van der Waals surface area (Å²) in [6.07, 6.45) is 1.52. The number of hydrogen-bond donors (Lipinski definition) is 0. The Morgan fingerprint density at radius 3 is 3.00 bits per heavy atom. The number of carbonyl (C=O) groups excluding carboxylic acids is 1. The molecule has 0 amide bonds. The minimum atomic E-state index is -0.251. The van der Waals surface area contributed by atoms with E-state index in [0.29, 0.717) is 6.61 Å². The molecular weight excluding hydrogens is 250 g/mol. The van der Waals surface area contributed by atoms with Crippen molar-refractivity contribution < 1.29 is 9.53 Å². The lowest BCUT2D eigenvalue weighted by molar-refractivity contribution is -0.141. The van der Waals surface area contributed by atoms with E-state index in [9.17, 15) is 4.79 Å². The van der Waals surface area contributed by atoms with Crippen LogP contribution in [0.4, 0.5) is 5.82 Å². The maximum absolute atomic E-state index is 11.5. The van der Waals surface area contributed by atoms with E-state index >= 15 is 0 Å². The van der Waals surface area contributed by atoms with Crippen LogP contribution in [0.5, 0.6) is 0 Å². The smallest absolute Gasteiger partial charge is 0.325 e. The number of hydrogen-bond acceptors (Lipinski definition) is 6. The predicted octanol–water partition coefficient (Wildman–Crippen LogP) is 2.00. The zero-order chi connectivity index (χ0) is 13.1. The van der Waals surface area contributed by atoms with Crippen molar-refractivity contribution >= 4 is 33.3 Å². The number of esters is 1. The van der Waals surface area contributed by atoms with Gasteiger partial charge in [-0.05, 0) is 19.9 Å². The van der Waals surface area contributed by atoms with Gasteiger partial charge in [0.05, 0.1) is 12.0 Å². The largest absolute Gasteiger partial charge is 0.465 e. The summed E-state index contributed by atoms with van der Waals surface area (Å²) in [7, 11) is 1.83. The molecule has 2 aromatic heterocycles. The Kier molecular flexibility index (Phi) is 3.76. The number of rotatable bonds is 4. The second-order valence-electron chi connectivity index (χ2n) is 3.93. The molecule has 0 aliphatic rings. The number of aromatic nitrogens is 2. The van der Waals surface area contributed by atoms with Gasteiger partial charge in [0.15, 0.2) is 0 Å². The first kappa shape index (κ1) is 12.8. The van der Waals surface area contributed by atoms with Gasteiger partial charge >= 0.3 is 5.97 Å². The topological polar surface area (TPSA) is 55.3 Å². The molecule has 0 aliphatic heterocycles. The van der Waals surface area contributed by atoms with Gasteiger partial charge in [-0.3, -0.25) is 4.79 Å². The molecule has 0 unspecified atom stereocenters. The van der Waals surface area contributed by atoms with Crippen molar-refractivity contribution in [1.82, 2.24) is 9.97 Å². The second-order valence-corrected chi connectivity index (χ2v) is 5.17. The number of nitrogens with zero attached hydrogens (tertiary/aromatic N) is 3. The van der Waals surface area contributed by atoms with Crippen molar-refractivity contribution in [2.75, 3.05) is 25.1 Å². The molecule has 0 atom stereocenters. The molecule has 0 radical (unpaired) electrons. The third-order valence-corrected chi connectivity index (χ3v) is 3.42. The Bertz CT molecular complexity index is 567. The summed E-state index contributed by atoms with van der Waals surface area (Å²) in [6, 6.07) is 2.04. The summed E-state index contributed by atoms with van der Waals surface area (Å²) in [5.41, 5.74) is 0. The number of thiophene rings is 1. The Morgan fingerprint density at radius 1 is 1.50 bits per heavy atom. The van der Waals surface area contributed by atoms with E-state index < -0.39 is 0 Å². The van der Waals surface area contributed by atoms with Gasteiger partial charge in [-0.15, -0.1) is 11.3 Å². The molecule has 0 saturated carbocycles. The summed E-state index contributed by atoms with van der Waals surface area (Å²) in [5.74, 6) is 0.510. The lowest BCUT2D eigenvalue weighted by atomic mass is 10.3. The van der Waals surface area contributed by atoms with Crippen LogP contribution in [0.2, 0.25) is 0 Å². The maximum Gasteiger partial charge on any atom is 0.325 e. The number of ether oxygens (including phenoxy) is 1. The van der Waals surface area contributed by atoms with Crippen LogP contribution >= 0.6 is 11.3 Å². The molecule has 2 rings (SSSR count). The van der Waals surface area contributed by atoms with Crippen molar-refractivity contribution in [3.05, 3.63) is 17.3 Å². The van der Waals surface area contributed by atoms with Crippen LogP contribution in [0.25, 0.3) is 10.2 Å². The van der Waals surface area contributed by atoms with E-state index in [1.54, 1.807) is 23.2 Å². The number of fused-ring (bicyclic) bond motifs is 1. The van der Waals surface area contributed by atoms with Crippen LogP contribution in [0, 0.1) is 6.92 Å². The van der Waals surface area contributed by atoms with E-state index in [2.05, 4.69) is 9.97 Å². The third kappa shape index (κ3) is 2.59. The summed E-state index contributed by atoms with van der Waals surface area (Å²) >= 11 is 1.62. The Balaban J connectivity index is 2.27. The SMILES string of the molecule is CCOC(=O)CN(C)c1ncnc2sc(C)cc12. The fraction of sp³-hybridized carbons (Fsp3) is 0.417. The van der Waals surface area contributed by atoms with Gasteiger partial charge in [-0.1, -0.05) is 0 Å². The van der Waals surface area contributed by atoms with E-state index in [-0.39, 0.29) is 12.5 Å². The Morgan fingerprint density at radius 2 is 2.28 bits per heavy atom. The molecule has 0 spiro atoms. The molecule has 0 fully saturated rings. The molecule has 0 aliphatic carbocycles. The fourth-order valence-electron chi connectivity index (χ4n) is 1.74. The molecule has 2 heterocycles. The molecule has 0 N–H and O–H groups in total. The summed E-state index contributed by atoms with van der Waals surface area (Å²) in [4.78, 5) is 23.8. The minimum absolute atomic E-state index is 0.189. The van der Waals surface area contributed by atoms with Crippen molar-refractivity contribution in [3.8, 4) is 0 Å². The molecule has 0 bridgehead atoms. The lowest BCUT2D eigenvalue weighted by Crippen LogP contribution is -2.27. The van der Waals surface area contributed by atoms with Gasteiger partial charge in [-0.2, -0.15) is 0 Å². The summed E-state index contributed by atoms with van der Waals surface area (Å²) in [5, 5.41) is 0.979. The molecular formula is C12H15N3O2S. The van der Waals surface area contributed by atoms with E-state index in [4.69, 9.17) is 4.74 Å². The van der Waals surface area contributed by atoms with Crippen molar-refractivity contribution in [2.45, 2.75) is 13.8 Å². The van der Waals surface area contributed by atoms with E-state index in [1.807, 2.05) is 20.0 Å². The summed E-state index contributed by atoms with van der Waals surface area (Å²) in [6.45, 7) is 4.41. The highest BCUT2D eigenvalue weighted by Crippen LogP contribution is 2.28. The molecule has 18 heavy (non-hydrogen) atoms. The highest BCUT2D eigenvalue weighted by atomic mass is 32.1. The highest BCUT2D eigenvalue weighted by molar-refractivity contribution is 7.18. The van der Waals surface area contributed by atoms with Crippen LogP contribution in [-0.4, -0.2) is 36.1 Å². The van der Waals surface area contributed by atoms with Crippen molar-refractivity contribution in [1.29, 1.82) is 0 Å². The highest BCUT2D eigenvalue weighted by Gasteiger charge is 2.14. The fourth-order valence-corrected chi connectivity index (χ4v) is 2.58. The van der Waals surface area contributed by atoms with Crippen LogP contribution in [-0.2, 0) is 9.53 Å². The van der Waals surface area contributed by atoms with Crippen LogP contribution < -0.4 is 4.90 Å². The summed E-state index contributed by atoms with van der Waals surface area (Å²) < 4.78 is 4.93. The molecule has 6 heteroatoms. The number of likely N-dealkylation sites (N-methyl/N-ethyl adjacent to an activating group) is 1. The monoisotopic (exact) mass is 265 g/mol. The van der Waals surface area contributed by atoms with Gasteiger partial charge in [0, 0.05) is 11.9 Å². The molecule has 0 saturated heterocycles. The molecule has 0 aromatic carbocycles. The first-order valence-corrected chi connectivity index (χ1v) is 6.51. The third-order valence-electron chi connectivity index (χ3n) is 2.46. The van der Waals surface area contributed by atoms with E-state index in [0.717, 1.165) is 16.0 Å². The zero-order valence-corrected chi connectivity index (χ0v) is 11.5. The van der Waals surface area contributed by atoms with Gasteiger partial charge < -0.3 is 9.64 Å². The number of aryl methyl sites for hydroxylation is 1. The van der Waals surface area contributed by atoms with Gasteiger partial charge in [0.1, 0.15) is 23.5 Å². The average Bonchev–Trinajstić information content (AvgIpc) is 2.68. The zero-order valence-electron chi connectivity index (χ0n) is 10.6. The first-order valence-electron chi connectivity index (χ1n) is 5.69. The van der Waals surface area contributed by atoms with Gasteiger partial charge in [0.2, 0.25) is 0 Å². The van der Waals surface area contributed by atoms with Crippen molar-refractivity contribution in [2.24, 2.45) is 0 Å². The number of carbonyl (C=O) groups is 1. The standard InChI is InChI=1S/C12H15N3O2S/c1-4-17-10(16)6-15(3)11-9-5-8(2)18-12(9)14-7-13-11/h5,7H,4,6H2,1-3H3. The molecule has 96 valence electrons. The molecule has 5 nitrogen and oxygen atoms in total. The average molecular weight is 265 g/mol. The van der Waals surface area contributed by atoms with Gasteiger partial charge in [0.25, 0.3) is 0 Å². The van der Waals surface area contributed by atoms with Crippen LogP contribution in [0.3, 0.4) is 0 Å². The van der Waals surface area contributed by atoms with Crippen LogP contribution in [0.1, 0.15) is 11.8 Å². The Hall–Kier alpha value is -1.69. The van der Waals surface area contributed by atoms with Crippen molar-refractivity contribution in [3.63, 3.8) is 0 Å². The first-order chi connectivity index (χ1) is 8.61. The lowest BCUT2D eigenvalue weighted by Gasteiger charge is -2.17. The quantitative estimate of drug-likeness (QED) is 0.791. The normalized spacial score (nSPS) is 10.6. The number of anilines is 1. The predicted molar refractivity (Wildman–Crippen MR) is 72.1 cm³/mol. The maximum atomic E-state index is 11.5. The van der Waals surface area contributed by atoms with Crippen LogP contribution in [0.15, 0.2) is 12.4 Å².